The summed E-state index contributed by atoms with van der Waals surface area (Å²) in [5, 5.41) is 10.9. The number of hydrogen-bond acceptors (Lipinski definition) is 4. The van der Waals surface area contributed by atoms with Gasteiger partial charge in [0.25, 0.3) is 0 Å². The number of halogens is 2. The minimum atomic E-state index is -0.468. The average Bonchev–Trinajstić information content (AvgIpc) is 2.95. The van der Waals surface area contributed by atoms with Gasteiger partial charge in [0.1, 0.15) is 17.5 Å². The molecule has 5 nitrogen and oxygen atoms in total. The number of anilines is 1. The molecule has 0 saturated carbocycles. The molecule has 0 unspecified atom stereocenters. The van der Waals surface area contributed by atoms with Crippen molar-refractivity contribution in [2.24, 2.45) is 0 Å². The average molecular weight is 327 g/mol. The Kier molecular flexibility index (Phi) is 3.30. The zero-order valence-corrected chi connectivity index (χ0v) is 13.3. The molecule has 0 saturated heterocycles. The molecule has 4 rings (SSSR count). The first kappa shape index (κ1) is 14.7. The fourth-order valence-corrected chi connectivity index (χ4v) is 3.27. The zero-order valence-electron chi connectivity index (χ0n) is 13.3. The van der Waals surface area contributed by atoms with Crippen LogP contribution in [0.1, 0.15) is 17.2 Å². The molecule has 1 aromatic carbocycles. The van der Waals surface area contributed by atoms with Crippen molar-refractivity contribution in [3.05, 3.63) is 53.4 Å². The Morgan fingerprint density at radius 1 is 1.08 bits per heavy atom. The monoisotopic (exact) mass is 327 g/mol. The molecule has 7 heteroatoms. The summed E-state index contributed by atoms with van der Waals surface area (Å²) >= 11 is 0. The second-order valence-electron chi connectivity index (χ2n) is 5.76. The fourth-order valence-electron chi connectivity index (χ4n) is 3.27. The Labute approximate surface area is 137 Å². The van der Waals surface area contributed by atoms with Crippen LogP contribution in [0.5, 0.6) is 0 Å². The van der Waals surface area contributed by atoms with Crippen LogP contribution >= 0.6 is 0 Å². The third-order valence-corrected chi connectivity index (χ3v) is 4.34. The standard InChI is InChI=1S/C17H15F2N5/c1-9-22-23-15-4-3-10-5-11(6-13(18)17(10)24(9)15)12-7-21-8-14(19)16(12)20-2/h5-8H,3-4H2,1-2H3,(H,20,21). The summed E-state index contributed by atoms with van der Waals surface area (Å²) in [5.74, 6) is 0.568. The highest BCUT2D eigenvalue weighted by Crippen LogP contribution is 2.35. The smallest absolute Gasteiger partial charge is 0.165 e. The van der Waals surface area contributed by atoms with Crippen molar-refractivity contribution >= 4 is 5.69 Å². The topological polar surface area (TPSA) is 55.6 Å². The molecule has 0 atom stereocenters. The van der Waals surface area contributed by atoms with Crippen molar-refractivity contribution in [3.63, 3.8) is 0 Å². The van der Waals surface area contributed by atoms with Gasteiger partial charge in [-0.3, -0.25) is 9.55 Å². The van der Waals surface area contributed by atoms with E-state index in [9.17, 15) is 8.78 Å². The quantitative estimate of drug-likeness (QED) is 0.786. The van der Waals surface area contributed by atoms with Crippen molar-refractivity contribution in [3.8, 4) is 16.8 Å². The van der Waals surface area contributed by atoms with Gasteiger partial charge >= 0.3 is 0 Å². The number of aryl methyl sites for hydroxylation is 3. The molecule has 1 aliphatic rings. The maximum atomic E-state index is 14.9. The summed E-state index contributed by atoms with van der Waals surface area (Å²) in [6.07, 6.45) is 4.03. The highest BCUT2D eigenvalue weighted by atomic mass is 19.1. The molecule has 3 aromatic rings. The lowest BCUT2D eigenvalue weighted by Gasteiger charge is -2.21. The summed E-state index contributed by atoms with van der Waals surface area (Å²) in [6, 6.07) is 3.29. The van der Waals surface area contributed by atoms with Gasteiger partial charge in [0.05, 0.1) is 17.6 Å². The van der Waals surface area contributed by atoms with E-state index < -0.39 is 5.82 Å². The Balaban J connectivity index is 1.93. The third-order valence-electron chi connectivity index (χ3n) is 4.34. The number of nitrogens with zero attached hydrogens (tertiary/aromatic N) is 4. The highest BCUT2D eigenvalue weighted by molar-refractivity contribution is 5.78. The van der Waals surface area contributed by atoms with E-state index in [1.165, 1.54) is 12.3 Å². The predicted molar refractivity (Wildman–Crippen MR) is 86.2 cm³/mol. The van der Waals surface area contributed by atoms with Gasteiger partial charge in [0, 0.05) is 25.2 Å². The van der Waals surface area contributed by atoms with Crippen molar-refractivity contribution < 1.29 is 8.78 Å². The molecular formula is C17H15F2N5. The Morgan fingerprint density at radius 2 is 1.92 bits per heavy atom. The van der Waals surface area contributed by atoms with Crippen LogP contribution in [-0.2, 0) is 12.8 Å². The van der Waals surface area contributed by atoms with Crippen molar-refractivity contribution in [1.29, 1.82) is 0 Å². The number of hydrogen-bond donors (Lipinski definition) is 1. The van der Waals surface area contributed by atoms with Crippen LogP contribution in [-0.4, -0.2) is 26.8 Å². The number of rotatable bonds is 2. The number of nitrogens with one attached hydrogen (secondary N) is 1. The maximum absolute atomic E-state index is 14.9. The van der Waals surface area contributed by atoms with E-state index in [-0.39, 0.29) is 5.82 Å². The first-order chi connectivity index (χ1) is 11.6. The van der Waals surface area contributed by atoms with E-state index in [1.807, 2.05) is 6.07 Å². The van der Waals surface area contributed by atoms with Crippen LogP contribution < -0.4 is 5.32 Å². The third kappa shape index (κ3) is 2.08. The Bertz CT molecular complexity index is 948. The summed E-state index contributed by atoms with van der Waals surface area (Å²) in [7, 11) is 1.63. The molecule has 1 aliphatic heterocycles. The number of benzene rings is 1. The number of fused-ring (bicyclic) bond motifs is 3. The maximum Gasteiger partial charge on any atom is 0.165 e. The molecule has 1 N–H and O–H groups in total. The van der Waals surface area contributed by atoms with Crippen LogP contribution in [0.25, 0.3) is 16.8 Å². The Hall–Kier alpha value is -2.83. The predicted octanol–water partition coefficient (Wildman–Crippen LogP) is 3.06. The molecule has 122 valence electrons. The minimum Gasteiger partial charge on any atom is -0.385 e. The molecule has 0 amide bonds. The van der Waals surface area contributed by atoms with Crippen LogP contribution in [0.3, 0.4) is 0 Å². The van der Waals surface area contributed by atoms with Crippen LogP contribution in [0, 0.1) is 18.6 Å². The van der Waals surface area contributed by atoms with Gasteiger partial charge in [0.15, 0.2) is 5.82 Å². The summed E-state index contributed by atoms with van der Waals surface area (Å²) < 4.78 is 30.6. The molecule has 3 heterocycles. The van der Waals surface area contributed by atoms with Gasteiger partial charge in [-0.1, -0.05) is 0 Å². The summed E-state index contributed by atoms with van der Waals surface area (Å²) in [5.41, 5.74) is 2.77. The van der Waals surface area contributed by atoms with E-state index in [0.29, 0.717) is 41.2 Å². The van der Waals surface area contributed by atoms with Gasteiger partial charge in [-0.25, -0.2) is 8.78 Å². The van der Waals surface area contributed by atoms with Crippen LogP contribution in [0.15, 0.2) is 24.5 Å². The SMILES string of the molecule is CNc1c(F)cncc1-c1cc(F)c2c(c1)CCc1nnc(C)n1-2. The lowest BCUT2D eigenvalue weighted by atomic mass is 9.96. The van der Waals surface area contributed by atoms with E-state index in [1.54, 1.807) is 18.5 Å². The lowest BCUT2D eigenvalue weighted by molar-refractivity contribution is 0.602. The van der Waals surface area contributed by atoms with Gasteiger partial charge in [-0.05, 0) is 36.6 Å². The van der Waals surface area contributed by atoms with Gasteiger partial charge in [0.2, 0.25) is 0 Å². The molecule has 2 aromatic heterocycles. The van der Waals surface area contributed by atoms with Crippen LogP contribution in [0.4, 0.5) is 14.5 Å². The first-order valence-corrected chi connectivity index (χ1v) is 7.65. The molecule has 0 radical (unpaired) electrons. The highest BCUT2D eigenvalue weighted by Gasteiger charge is 2.24. The first-order valence-electron chi connectivity index (χ1n) is 7.65. The molecule has 0 aliphatic carbocycles. The van der Waals surface area contributed by atoms with E-state index in [4.69, 9.17) is 0 Å². The second-order valence-corrected chi connectivity index (χ2v) is 5.76. The molecule has 0 fully saturated rings. The molecule has 0 bridgehead atoms. The van der Waals surface area contributed by atoms with Crippen molar-refractivity contribution in [2.45, 2.75) is 19.8 Å². The second kappa shape index (κ2) is 5.36. The van der Waals surface area contributed by atoms with Crippen molar-refractivity contribution in [2.75, 3.05) is 12.4 Å². The largest absolute Gasteiger partial charge is 0.385 e. The normalized spacial score (nSPS) is 12.7. The summed E-state index contributed by atoms with van der Waals surface area (Å²) in [4.78, 5) is 3.89. The Morgan fingerprint density at radius 3 is 2.71 bits per heavy atom. The fraction of sp³-hybridized carbons (Fsp3) is 0.235. The van der Waals surface area contributed by atoms with Crippen LogP contribution in [0.2, 0.25) is 0 Å². The minimum absolute atomic E-state index is 0.307. The van der Waals surface area contributed by atoms with E-state index in [0.717, 1.165) is 17.6 Å². The summed E-state index contributed by atoms with van der Waals surface area (Å²) in [6.45, 7) is 1.80. The zero-order chi connectivity index (χ0) is 16.8. The van der Waals surface area contributed by atoms with E-state index in [2.05, 4.69) is 20.5 Å². The van der Waals surface area contributed by atoms with Gasteiger partial charge in [-0.2, -0.15) is 0 Å². The molecule has 24 heavy (non-hydrogen) atoms. The molecule has 0 spiro atoms. The van der Waals surface area contributed by atoms with Gasteiger partial charge in [-0.15, -0.1) is 10.2 Å². The molecular weight excluding hydrogens is 312 g/mol. The number of pyridine rings is 1. The van der Waals surface area contributed by atoms with E-state index >= 15 is 0 Å². The number of aromatic nitrogens is 4. The van der Waals surface area contributed by atoms with Crippen molar-refractivity contribution in [1.82, 2.24) is 19.7 Å². The lowest BCUT2D eigenvalue weighted by Crippen LogP contribution is -2.15. The van der Waals surface area contributed by atoms with Gasteiger partial charge < -0.3 is 5.32 Å².